The van der Waals surface area contributed by atoms with Crippen LogP contribution in [0.3, 0.4) is 0 Å². The Balaban J connectivity index is 2.27. The van der Waals surface area contributed by atoms with Crippen molar-refractivity contribution in [2.75, 3.05) is 0 Å². The molecule has 4 nitrogen and oxygen atoms in total. The van der Waals surface area contributed by atoms with Crippen LogP contribution in [0, 0.1) is 6.92 Å². The molecule has 4 N–H and O–H groups in total. The summed E-state index contributed by atoms with van der Waals surface area (Å²) in [7, 11) is 0. The maximum atomic E-state index is 5.88. The minimum Gasteiger partial charge on any atom is -0.358 e. The van der Waals surface area contributed by atoms with Gasteiger partial charge in [-0.15, -0.1) is 0 Å². The normalized spacial score (nSPS) is 11.7. The molecule has 0 spiro atoms. The zero-order valence-electron chi connectivity index (χ0n) is 12.1. The molecule has 0 amide bonds. The van der Waals surface area contributed by atoms with Gasteiger partial charge in [0, 0.05) is 34.6 Å². The highest BCUT2D eigenvalue weighted by Gasteiger charge is 2.18. The number of nitrogens with one attached hydrogen (secondary N) is 2. The average molecular weight is 268 g/mol. The first-order chi connectivity index (χ1) is 9.61. The Kier molecular flexibility index (Phi) is 3.10. The summed E-state index contributed by atoms with van der Waals surface area (Å²) in [4.78, 5) is 11.6. The number of fused-ring (bicyclic) bond motifs is 1. The van der Waals surface area contributed by atoms with E-state index in [1.807, 2.05) is 6.07 Å². The van der Waals surface area contributed by atoms with Crippen LogP contribution in [0.5, 0.6) is 0 Å². The lowest BCUT2D eigenvalue weighted by atomic mass is 10.1. The Morgan fingerprint density at radius 3 is 2.65 bits per heavy atom. The summed E-state index contributed by atoms with van der Waals surface area (Å²) in [6.45, 7) is 6.81. The molecule has 0 bridgehead atoms. The molecule has 0 aliphatic carbocycles. The lowest BCUT2D eigenvalue weighted by Gasteiger charge is -2.00. The summed E-state index contributed by atoms with van der Waals surface area (Å²) >= 11 is 0. The standard InChI is InChI=1S/C16H20N4/c1-9(2)16-19-13(8-17)15(20-16)14-10(3)18-12-7-5-4-6-11(12)14/h4-7,9,18H,8,17H2,1-3H3,(H,19,20). The maximum Gasteiger partial charge on any atom is 0.109 e. The number of para-hydroxylation sites is 1. The maximum absolute atomic E-state index is 5.88. The summed E-state index contributed by atoms with van der Waals surface area (Å²) in [6, 6.07) is 8.30. The minimum atomic E-state index is 0.361. The second kappa shape index (κ2) is 4.80. The fourth-order valence-corrected chi connectivity index (χ4v) is 2.64. The molecular formula is C16H20N4. The van der Waals surface area contributed by atoms with Crippen LogP contribution < -0.4 is 5.73 Å². The van der Waals surface area contributed by atoms with Crippen LogP contribution in [-0.4, -0.2) is 15.0 Å². The van der Waals surface area contributed by atoms with E-state index in [4.69, 9.17) is 10.7 Å². The fourth-order valence-electron chi connectivity index (χ4n) is 2.64. The molecule has 2 heterocycles. The smallest absolute Gasteiger partial charge is 0.109 e. The molecule has 4 heteroatoms. The highest BCUT2D eigenvalue weighted by atomic mass is 15.0. The number of hydrogen-bond donors (Lipinski definition) is 3. The average Bonchev–Trinajstić information content (AvgIpc) is 2.98. The summed E-state index contributed by atoms with van der Waals surface area (Å²) in [5, 5.41) is 1.20. The molecule has 0 saturated carbocycles. The molecule has 0 saturated heterocycles. The number of imidazole rings is 1. The van der Waals surface area contributed by atoms with Crippen molar-refractivity contribution in [1.29, 1.82) is 0 Å². The Bertz CT molecular complexity index is 749. The van der Waals surface area contributed by atoms with Gasteiger partial charge in [0.2, 0.25) is 0 Å². The van der Waals surface area contributed by atoms with Gasteiger partial charge >= 0.3 is 0 Å². The summed E-state index contributed by atoms with van der Waals surface area (Å²) in [5.41, 5.74) is 11.3. The first-order valence-corrected chi connectivity index (χ1v) is 6.98. The molecule has 2 aromatic heterocycles. The lowest BCUT2D eigenvalue weighted by Crippen LogP contribution is -1.99. The van der Waals surface area contributed by atoms with Crippen molar-refractivity contribution in [2.45, 2.75) is 33.2 Å². The number of hydrogen-bond acceptors (Lipinski definition) is 2. The topological polar surface area (TPSA) is 70.5 Å². The molecule has 0 unspecified atom stereocenters. The van der Waals surface area contributed by atoms with Crippen molar-refractivity contribution >= 4 is 10.9 Å². The fraction of sp³-hybridized carbons (Fsp3) is 0.312. The minimum absolute atomic E-state index is 0.361. The van der Waals surface area contributed by atoms with Crippen LogP contribution in [0.1, 0.15) is 37.0 Å². The van der Waals surface area contributed by atoms with E-state index in [1.54, 1.807) is 0 Å². The third-order valence-corrected chi connectivity index (χ3v) is 3.68. The monoisotopic (exact) mass is 268 g/mol. The molecule has 1 aromatic carbocycles. The number of H-pyrrole nitrogens is 2. The van der Waals surface area contributed by atoms with Gasteiger partial charge in [0.15, 0.2) is 0 Å². The van der Waals surface area contributed by atoms with Crippen LogP contribution in [0.15, 0.2) is 24.3 Å². The molecule has 0 radical (unpaired) electrons. The van der Waals surface area contributed by atoms with E-state index in [0.717, 1.165) is 34.0 Å². The Labute approximate surface area is 118 Å². The van der Waals surface area contributed by atoms with Crippen molar-refractivity contribution in [3.63, 3.8) is 0 Å². The Hall–Kier alpha value is -2.07. The van der Waals surface area contributed by atoms with Gasteiger partial charge in [-0.25, -0.2) is 4.98 Å². The zero-order chi connectivity index (χ0) is 14.3. The van der Waals surface area contributed by atoms with Gasteiger partial charge in [-0.3, -0.25) is 0 Å². The largest absolute Gasteiger partial charge is 0.358 e. The number of benzene rings is 1. The molecule has 20 heavy (non-hydrogen) atoms. The number of rotatable bonds is 3. The number of nitrogens with two attached hydrogens (primary N) is 1. The van der Waals surface area contributed by atoms with Crippen molar-refractivity contribution in [3.05, 3.63) is 41.5 Å². The van der Waals surface area contributed by atoms with Gasteiger partial charge in [-0.05, 0) is 13.0 Å². The van der Waals surface area contributed by atoms with E-state index >= 15 is 0 Å². The zero-order valence-corrected chi connectivity index (χ0v) is 12.1. The lowest BCUT2D eigenvalue weighted by molar-refractivity contribution is 0.788. The molecule has 0 fully saturated rings. The summed E-state index contributed by atoms with van der Waals surface area (Å²) in [6.07, 6.45) is 0. The van der Waals surface area contributed by atoms with Crippen LogP contribution in [-0.2, 0) is 6.54 Å². The van der Waals surface area contributed by atoms with E-state index in [0.29, 0.717) is 12.5 Å². The number of aryl methyl sites for hydroxylation is 1. The molecular weight excluding hydrogens is 248 g/mol. The van der Waals surface area contributed by atoms with Gasteiger partial charge in [-0.1, -0.05) is 32.0 Å². The van der Waals surface area contributed by atoms with Crippen LogP contribution in [0.4, 0.5) is 0 Å². The van der Waals surface area contributed by atoms with E-state index < -0.39 is 0 Å². The summed E-state index contributed by atoms with van der Waals surface area (Å²) in [5.74, 6) is 1.35. The molecule has 0 aliphatic heterocycles. The van der Waals surface area contributed by atoms with Crippen molar-refractivity contribution in [1.82, 2.24) is 15.0 Å². The molecule has 0 atom stereocenters. The third kappa shape index (κ3) is 1.93. The summed E-state index contributed by atoms with van der Waals surface area (Å²) < 4.78 is 0. The van der Waals surface area contributed by atoms with E-state index in [-0.39, 0.29) is 0 Å². The molecule has 3 aromatic rings. The second-order valence-electron chi connectivity index (χ2n) is 5.48. The predicted molar refractivity (Wildman–Crippen MR) is 82.6 cm³/mol. The Morgan fingerprint density at radius 2 is 1.95 bits per heavy atom. The van der Waals surface area contributed by atoms with E-state index in [9.17, 15) is 0 Å². The van der Waals surface area contributed by atoms with Crippen LogP contribution in [0.2, 0.25) is 0 Å². The third-order valence-electron chi connectivity index (χ3n) is 3.68. The van der Waals surface area contributed by atoms with Crippen molar-refractivity contribution in [2.24, 2.45) is 5.73 Å². The van der Waals surface area contributed by atoms with Crippen molar-refractivity contribution in [3.8, 4) is 11.3 Å². The van der Waals surface area contributed by atoms with E-state index in [2.05, 4.69) is 48.9 Å². The van der Waals surface area contributed by atoms with Gasteiger partial charge < -0.3 is 15.7 Å². The van der Waals surface area contributed by atoms with Gasteiger partial charge in [-0.2, -0.15) is 0 Å². The predicted octanol–water partition coefficient (Wildman–Crippen LogP) is 3.45. The number of aromatic nitrogens is 3. The SMILES string of the molecule is Cc1[nH]c2ccccc2c1-c1nc(C(C)C)[nH]c1CN. The first-order valence-electron chi connectivity index (χ1n) is 6.98. The first kappa shape index (κ1) is 12.9. The van der Waals surface area contributed by atoms with Gasteiger partial charge in [0.25, 0.3) is 0 Å². The van der Waals surface area contributed by atoms with Crippen LogP contribution in [0.25, 0.3) is 22.2 Å². The number of aromatic amines is 2. The molecule has 104 valence electrons. The molecule has 0 aliphatic rings. The van der Waals surface area contributed by atoms with Gasteiger partial charge in [0.05, 0.1) is 11.4 Å². The number of nitrogens with zero attached hydrogens (tertiary/aromatic N) is 1. The van der Waals surface area contributed by atoms with Gasteiger partial charge in [0.1, 0.15) is 5.82 Å². The second-order valence-corrected chi connectivity index (χ2v) is 5.48. The van der Waals surface area contributed by atoms with E-state index in [1.165, 1.54) is 5.39 Å². The quantitative estimate of drug-likeness (QED) is 0.681. The Morgan fingerprint density at radius 1 is 1.20 bits per heavy atom. The van der Waals surface area contributed by atoms with Crippen molar-refractivity contribution < 1.29 is 0 Å². The van der Waals surface area contributed by atoms with Crippen LogP contribution >= 0.6 is 0 Å². The highest BCUT2D eigenvalue weighted by Crippen LogP contribution is 2.33. The molecule has 3 rings (SSSR count). The highest BCUT2D eigenvalue weighted by molar-refractivity contribution is 5.97.